The molecule has 0 bridgehead atoms. The maximum atomic E-state index is 12.9. The molecule has 0 fully saturated rings. The van der Waals surface area contributed by atoms with Crippen LogP contribution < -0.4 is 4.74 Å². The van der Waals surface area contributed by atoms with E-state index in [1.54, 1.807) is 13.2 Å². The molecule has 0 radical (unpaired) electrons. The van der Waals surface area contributed by atoms with Gasteiger partial charge in [0.2, 0.25) is 0 Å². The van der Waals surface area contributed by atoms with Gasteiger partial charge in [0.05, 0.1) is 19.0 Å². The Bertz CT molecular complexity index is 571. The number of ether oxygens (including phenoxy) is 1. The number of halogens is 1. The second-order valence-corrected chi connectivity index (χ2v) is 5.08. The van der Waals surface area contributed by atoms with Crippen LogP contribution in [0.2, 0.25) is 0 Å². The molecule has 0 aliphatic heterocycles. The van der Waals surface area contributed by atoms with E-state index in [4.69, 9.17) is 4.74 Å². The Balaban J connectivity index is 2.13. The molecular formula is C17H21FN2O. The van der Waals surface area contributed by atoms with Crippen LogP contribution in [-0.4, -0.2) is 24.0 Å². The highest BCUT2D eigenvalue weighted by molar-refractivity contribution is 5.30. The summed E-state index contributed by atoms with van der Waals surface area (Å²) in [6.45, 7) is 2.83. The number of nitrogens with zero attached hydrogens (tertiary/aromatic N) is 2. The van der Waals surface area contributed by atoms with Crippen LogP contribution in [0.1, 0.15) is 30.6 Å². The Morgan fingerprint density at radius 3 is 2.71 bits per heavy atom. The second-order valence-electron chi connectivity index (χ2n) is 5.08. The smallest absolute Gasteiger partial charge is 0.141 e. The summed E-state index contributed by atoms with van der Waals surface area (Å²) in [7, 11) is 3.73. The molecule has 112 valence electrons. The highest BCUT2D eigenvalue weighted by atomic mass is 19.1. The maximum Gasteiger partial charge on any atom is 0.141 e. The van der Waals surface area contributed by atoms with Gasteiger partial charge in [0.15, 0.2) is 0 Å². The number of hydrogen-bond donors (Lipinski definition) is 0. The third-order valence-electron chi connectivity index (χ3n) is 3.60. The molecule has 3 nitrogen and oxygen atoms in total. The summed E-state index contributed by atoms with van der Waals surface area (Å²) < 4.78 is 18.2. The van der Waals surface area contributed by atoms with Gasteiger partial charge in [-0.1, -0.05) is 19.1 Å². The first-order chi connectivity index (χ1) is 10.1. The number of rotatable bonds is 6. The Morgan fingerprint density at radius 2 is 2.10 bits per heavy atom. The minimum atomic E-state index is -0.304. The van der Waals surface area contributed by atoms with E-state index in [9.17, 15) is 4.39 Å². The van der Waals surface area contributed by atoms with Crippen molar-refractivity contribution in [1.29, 1.82) is 0 Å². The summed E-state index contributed by atoms with van der Waals surface area (Å²) >= 11 is 0. The van der Waals surface area contributed by atoms with Crippen molar-refractivity contribution < 1.29 is 9.13 Å². The molecule has 1 unspecified atom stereocenters. The molecule has 0 spiro atoms. The van der Waals surface area contributed by atoms with E-state index in [1.165, 1.54) is 17.8 Å². The summed E-state index contributed by atoms with van der Waals surface area (Å²) in [4.78, 5) is 6.34. The van der Waals surface area contributed by atoms with Gasteiger partial charge in [0, 0.05) is 12.6 Å². The zero-order valence-corrected chi connectivity index (χ0v) is 12.7. The Labute approximate surface area is 125 Å². The number of methoxy groups -OCH3 is 1. The van der Waals surface area contributed by atoms with Crippen molar-refractivity contribution in [2.75, 3.05) is 14.2 Å². The predicted octanol–water partition coefficient (Wildman–Crippen LogP) is 3.81. The van der Waals surface area contributed by atoms with Crippen LogP contribution in [-0.2, 0) is 6.54 Å². The molecule has 1 aromatic heterocycles. The molecule has 2 rings (SSSR count). The summed E-state index contributed by atoms with van der Waals surface area (Å²) in [6, 6.07) is 11.5. The van der Waals surface area contributed by atoms with Crippen LogP contribution in [0.25, 0.3) is 0 Å². The molecular weight excluding hydrogens is 267 g/mol. The summed E-state index contributed by atoms with van der Waals surface area (Å²) in [5.74, 6) is 0.556. The molecule has 0 amide bonds. The minimum absolute atomic E-state index is 0.270. The van der Waals surface area contributed by atoms with Gasteiger partial charge in [-0.25, -0.2) is 4.39 Å². The number of aromatic nitrogens is 1. The average molecular weight is 288 g/mol. The van der Waals surface area contributed by atoms with E-state index in [0.29, 0.717) is 6.54 Å². The molecule has 21 heavy (non-hydrogen) atoms. The van der Waals surface area contributed by atoms with Gasteiger partial charge in [-0.2, -0.15) is 0 Å². The van der Waals surface area contributed by atoms with Gasteiger partial charge in [0.1, 0.15) is 11.6 Å². The van der Waals surface area contributed by atoms with Crippen molar-refractivity contribution >= 4 is 0 Å². The van der Waals surface area contributed by atoms with E-state index in [0.717, 1.165) is 17.9 Å². The van der Waals surface area contributed by atoms with Gasteiger partial charge in [-0.05, 0) is 43.3 Å². The molecule has 0 saturated heterocycles. The van der Waals surface area contributed by atoms with Crippen molar-refractivity contribution in [2.45, 2.75) is 25.9 Å². The van der Waals surface area contributed by atoms with Crippen LogP contribution >= 0.6 is 0 Å². The SMILES string of the molecule is CCC(c1cccc(OC)c1)N(C)Cc1ccc(F)cn1. The zero-order chi connectivity index (χ0) is 15.2. The highest BCUT2D eigenvalue weighted by Gasteiger charge is 2.16. The lowest BCUT2D eigenvalue weighted by Crippen LogP contribution is -2.24. The Kier molecular flexibility index (Phi) is 5.28. The predicted molar refractivity (Wildman–Crippen MR) is 81.7 cm³/mol. The van der Waals surface area contributed by atoms with Crippen molar-refractivity contribution in [3.8, 4) is 5.75 Å². The van der Waals surface area contributed by atoms with Crippen molar-refractivity contribution in [3.05, 3.63) is 59.7 Å². The van der Waals surface area contributed by atoms with Crippen LogP contribution in [0.5, 0.6) is 5.75 Å². The first kappa shape index (κ1) is 15.4. The number of pyridine rings is 1. The summed E-state index contributed by atoms with van der Waals surface area (Å²) in [5, 5.41) is 0. The second kappa shape index (κ2) is 7.18. The van der Waals surface area contributed by atoms with E-state index in [-0.39, 0.29) is 11.9 Å². The zero-order valence-electron chi connectivity index (χ0n) is 12.7. The van der Waals surface area contributed by atoms with E-state index in [1.807, 2.05) is 12.1 Å². The van der Waals surface area contributed by atoms with Crippen LogP contribution in [0.4, 0.5) is 4.39 Å². The third kappa shape index (κ3) is 4.02. The fourth-order valence-electron chi connectivity index (χ4n) is 2.52. The third-order valence-corrected chi connectivity index (χ3v) is 3.60. The fourth-order valence-corrected chi connectivity index (χ4v) is 2.52. The molecule has 2 aromatic rings. The molecule has 1 atom stereocenters. The van der Waals surface area contributed by atoms with Gasteiger partial charge >= 0.3 is 0 Å². The highest BCUT2D eigenvalue weighted by Crippen LogP contribution is 2.26. The monoisotopic (exact) mass is 288 g/mol. The fraction of sp³-hybridized carbons (Fsp3) is 0.353. The minimum Gasteiger partial charge on any atom is -0.497 e. The van der Waals surface area contributed by atoms with E-state index in [2.05, 4.69) is 36.0 Å². The summed E-state index contributed by atoms with van der Waals surface area (Å²) in [6.07, 6.45) is 2.24. The molecule has 1 aromatic carbocycles. The lowest BCUT2D eigenvalue weighted by molar-refractivity contribution is 0.227. The first-order valence-corrected chi connectivity index (χ1v) is 7.08. The quantitative estimate of drug-likeness (QED) is 0.808. The van der Waals surface area contributed by atoms with Crippen LogP contribution in [0, 0.1) is 5.82 Å². The topological polar surface area (TPSA) is 25.4 Å². The van der Waals surface area contributed by atoms with Gasteiger partial charge in [-0.15, -0.1) is 0 Å². The molecule has 0 N–H and O–H groups in total. The van der Waals surface area contributed by atoms with Crippen LogP contribution in [0.15, 0.2) is 42.6 Å². The molecule has 1 heterocycles. The molecule has 4 heteroatoms. The normalized spacial score (nSPS) is 12.4. The van der Waals surface area contributed by atoms with Crippen LogP contribution in [0.3, 0.4) is 0 Å². The molecule has 0 aliphatic carbocycles. The van der Waals surface area contributed by atoms with Crippen molar-refractivity contribution in [3.63, 3.8) is 0 Å². The van der Waals surface area contributed by atoms with E-state index < -0.39 is 0 Å². The maximum absolute atomic E-state index is 12.9. The Morgan fingerprint density at radius 1 is 1.29 bits per heavy atom. The lowest BCUT2D eigenvalue weighted by Gasteiger charge is -2.27. The van der Waals surface area contributed by atoms with Gasteiger partial charge in [0.25, 0.3) is 0 Å². The molecule has 0 aliphatic rings. The number of benzene rings is 1. The average Bonchev–Trinajstić information content (AvgIpc) is 2.50. The largest absolute Gasteiger partial charge is 0.497 e. The Hall–Kier alpha value is -1.94. The summed E-state index contributed by atoms with van der Waals surface area (Å²) in [5.41, 5.74) is 2.07. The van der Waals surface area contributed by atoms with Crippen molar-refractivity contribution in [2.24, 2.45) is 0 Å². The van der Waals surface area contributed by atoms with E-state index >= 15 is 0 Å². The number of hydrogen-bond acceptors (Lipinski definition) is 3. The lowest BCUT2D eigenvalue weighted by atomic mass is 10.0. The standard InChI is InChI=1S/C17H21FN2O/c1-4-17(13-6-5-7-16(10-13)21-3)20(2)12-15-9-8-14(18)11-19-15/h5-11,17H,4,12H2,1-3H3. The van der Waals surface area contributed by atoms with Crippen molar-refractivity contribution in [1.82, 2.24) is 9.88 Å². The van der Waals surface area contributed by atoms with Gasteiger partial charge < -0.3 is 4.74 Å². The molecule has 0 saturated carbocycles. The first-order valence-electron chi connectivity index (χ1n) is 7.08. The van der Waals surface area contributed by atoms with Gasteiger partial charge in [-0.3, -0.25) is 9.88 Å².